The maximum atomic E-state index is 13.7. The van der Waals surface area contributed by atoms with Crippen LogP contribution in [-0.2, 0) is 4.74 Å². The van der Waals surface area contributed by atoms with E-state index in [1.54, 1.807) is 0 Å². The molecule has 0 aliphatic heterocycles. The van der Waals surface area contributed by atoms with Crippen molar-refractivity contribution in [3.05, 3.63) is 53.5 Å². The summed E-state index contributed by atoms with van der Waals surface area (Å²) in [6.07, 6.45) is -1.39. The number of hydrogen-bond acceptors (Lipinski definition) is 3. The molecule has 0 amide bonds. The normalized spacial score (nSPS) is 12.5. The minimum absolute atomic E-state index is 0.0402. The molecule has 1 unspecified atom stereocenters. The minimum Gasteiger partial charge on any atom is -0.363 e. The van der Waals surface area contributed by atoms with Gasteiger partial charge in [-0.15, -0.1) is 0 Å². The molecule has 0 spiro atoms. The van der Waals surface area contributed by atoms with E-state index in [1.165, 1.54) is 19.2 Å². The van der Waals surface area contributed by atoms with Crippen LogP contribution >= 0.6 is 0 Å². The number of aromatic nitrogens is 1. The van der Waals surface area contributed by atoms with Gasteiger partial charge in [-0.2, -0.15) is 0 Å². The average molecular weight is 269 g/mol. The van der Waals surface area contributed by atoms with E-state index < -0.39 is 35.0 Å². The fourth-order valence-corrected chi connectivity index (χ4v) is 1.61. The Kier molecular flexibility index (Phi) is 3.82. The van der Waals surface area contributed by atoms with E-state index in [9.17, 15) is 18.3 Å². The van der Waals surface area contributed by atoms with Crippen LogP contribution in [0.2, 0.25) is 0 Å². The number of halogens is 3. The van der Waals surface area contributed by atoms with Gasteiger partial charge in [0.25, 0.3) is 0 Å². The van der Waals surface area contributed by atoms with Gasteiger partial charge in [-0.05, 0) is 24.3 Å². The molecule has 0 aliphatic carbocycles. The monoisotopic (exact) mass is 269 g/mol. The number of benzene rings is 1. The van der Waals surface area contributed by atoms with Crippen molar-refractivity contribution in [3.8, 4) is 11.3 Å². The van der Waals surface area contributed by atoms with E-state index >= 15 is 0 Å². The summed E-state index contributed by atoms with van der Waals surface area (Å²) in [5.74, 6) is -2.76. The summed E-state index contributed by atoms with van der Waals surface area (Å²) in [7, 11) is 1.22. The van der Waals surface area contributed by atoms with Gasteiger partial charge < -0.3 is 9.84 Å². The van der Waals surface area contributed by atoms with E-state index in [0.29, 0.717) is 0 Å². The molecule has 1 atom stereocenters. The molecule has 0 aliphatic rings. The fourth-order valence-electron chi connectivity index (χ4n) is 1.61. The van der Waals surface area contributed by atoms with Crippen LogP contribution in [0.25, 0.3) is 11.3 Å². The Balaban J connectivity index is 2.61. The van der Waals surface area contributed by atoms with Crippen molar-refractivity contribution in [3.63, 3.8) is 0 Å². The molecule has 100 valence electrons. The van der Waals surface area contributed by atoms with Crippen LogP contribution in [0.15, 0.2) is 30.3 Å². The summed E-state index contributed by atoms with van der Waals surface area (Å²) >= 11 is 0. The van der Waals surface area contributed by atoms with Crippen LogP contribution in [0, 0.1) is 17.5 Å². The molecule has 19 heavy (non-hydrogen) atoms. The molecule has 0 bridgehead atoms. The first-order chi connectivity index (χ1) is 9.04. The van der Waals surface area contributed by atoms with Crippen LogP contribution < -0.4 is 0 Å². The molecule has 1 N–H and O–H groups in total. The predicted molar refractivity (Wildman–Crippen MR) is 61.5 cm³/mol. The SMILES string of the molecule is COC(O)c1ccc(F)c(-c2c(F)cccc2F)n1. The molecule has 2 rings (SSSR count). The molecule has 0 saturated heterocycles. The van der Waals surface area contributed by atoms with Gasteiger partial charge in [-0.1, -0.05) is 6.07 Å². The first-order valence-electron chi connectivity index (χ1n) is 5.36. The number of hydrogen-bond donors (Lipinski definition) is 1. The van der Waals surface area contributed by atoms with Gasteiger partial charge >= 0.3 is 0 Å². The van der Waals surface area contributed by atoms with Crippen molar-refractivity contribution in [1.82, 2.24) is 4.98 Å². The molecule has 2 aromatic rings. The van der Waals surface area contributed by atoms with Gasteiger partial charge in [-0.25, -0.2) is 18.2 Å². The molecular formula is C13H10F3NO2. The number of ether oxygens (including phenoxy) is 1. The van der Waals surface area contributed by atoms with Crippen molar-refractivity contribution in [2.45, 2.75) is 6.29 Å². The van der Waals surface area contributed by atoms with Crippen LogP contribution in [0.1, 0.15) is 12.0 Å². The highest BCUT2D eigenvalue weighted by Crippen LogP contribution is 2.28. The zero-order valence-corrected chi connectivity index (χ0v) is 9.90. The van der Waals surface area contributed by atoms with E-state index in [0.717, 1.165) is 18.2 Å². The number of aliphatic hydroxyl groups excluding tert-OH is 1. The van der Waals surface area contributed by atoms with Crippen LogP contribution in [0.4, 0.5) is 13.2 Å². The Labute approximate surface area is 107 Å². The average Bonchev–Trinajstić information content (AvgIpc) is 2.39. The fraction of sp³-hybridized carbons (Fsp3) is 0.154. The predicted octanol–water partition coefficient (Wildman–Crippen LogP) is 2.80. The summed E-state index contributed by atoms with van der Waals surface area (Å²) in [6, 6.07) is 5.30. The Morgan fingerprint density at radius 1 is 1.05 bits per heavy atom. The quantitative estimate of drug-likeness (QED) is 0.871. The molecule has 1 aromatic carbocycles. The van der Waals surface area contributed by atoms with Crippen molar-refractivity contribution in [2.75, 3.05) is 7.11 Å². The maximum absolute atomic E-state index is 13.7. The summed E-state index contributed by atoms with van der Waals surface area (Å²) in [6.45, 7) is 0. The Morgan fingerprint density at radius 2 is 1.68 bits per heavy atom. The highest BCUT2D eigenvalue weighted by molar-refractivity contribution is 5.61. The van der Waals surface area contributed by atoms with Gasteiger partial charge in [0.1, 0.15) is 23.1 Å². The van der Waals surface area contributed by atoms with Crippen molar-refractivity contribution >= 4 is 0 Å². The third-order valence-electron chi connectivity index (χ3n) is 2.54. The van der Waals surface area contributed by atoms with Gasteiger partial charge in [0, 0.05) is 7.11 Å². The van der Waals surface area contributed by atoms with E-state index in [1.807, 2.05) is 0 Å². The second kappa shape index (κ2) is 5.38. The lowest BCUT2D eigenvalue weighted by Gasteiger charge is -2.11. The molecule has 1 heterocycles. The highest BCUT2D eigenvalue weighted by Gasteiger charge is 2.19. The second-order valence-electron chi connectivity index (χ2n) is 3.75. The molecule has 6 heteroatoms. The molecule has 3 nitrogen and oxygen atoms in total. The van der Waals surface area contributed by atoms with E-state index in [4.69, 9.17) is 0 Å². The highest BCUT2D eigenvalue weighted by atomic mass is 19.1. The molecule has 0 fully saturated rings. The number of nitrogens with zero attached hydrogens (tertiary/aromatic N) is 1. The standard InChI is InChI=1S/C13H10F3NO2/c1-19-13(18)10-6-5-9(16)12(17-10)11-7(14)3-2-4-8(11)15/h2-6,13,18H,1H3. The van der Waals surface area contributed by atoms with Gasteiger partial charge in [0.2, 0.25) is 0 Å². The molecular weight excluding hydrogens is 259 g/mol. The van der Waals surface area contributed by atoms with Crippen molar-refractivity contribution < 1.29 is 23.0 Å². The third kappa shape index (κ3) is 2.59. The smallest absolute Gasteiger partial charge is 0.198 e. The lowest BCUT2D eigenvalue weighted by atomic mass is 10.1. The lowest BCUT2D eigenvalue weighted by Crippen LogP contribution is -2.05. The molecule has 0 radical (unpaired) electrons. The minimum atomic E-state index is -1.39. The largest absolute Gasteiger partial charge is 0.363 e. The maximum Gasteiger partial charge on any atom is 0.198 e. The Morgan fingerprint density at radius 3 is 2.26 bits per heavy atom. The molecule has 0 saturated carbocycles. The number of rotatable bonds is 3. The lowest BCUT2D eigenvalue weighted by molar-refractivity contribution is -0.0798. The van der Waals surface area contributed by atoms with E-state index in [-0.39, 0.29) is 5.69 Å². The third-order valence-corrected chi connectivity index (χ3v) is 2.54. The van der Waals surface area contributed by atoms with Gasteiger partial charge in [-0.3, -0.25) is 0 Å². The zero-order valence-electron chi connectivity index (χ0n) is 9.90. The second-order valence-corrected chi connectivity index (χ2v) is 3.75. The summed E-state index contributed by atoms with van der Waals surface area (Å²) in [4.78, 5) is 3.70. The topological polar surface area (TPSA) is 42.4 Å². The van der Waals surface area contributed by atoms with Crippen molar-refractivity contribution in [1.29, 1.82) is 0 Å². The first-order valence-corrected chi connectivity index (χ1v) is 5.36. The number of aliphatic hydroxyl groups is 1. The van der Waals surface area contributed by atoms with E-state index in [2.05, 4.69) is 9.72 Å². The number of methoxy groups -OCH3 is 1. The van der Waals surface area contributed by atoms with Crippen molar-refractivity contribution in [2.24, 2.45) is 0 Å². The van der Waals surface area contributed by atoms with Gasteiger partial charge in [0.05, 0.1) is 11.3 Å². The summed E-state index contributed by atoms with van der Waals surface area (Å²) < 4.78 is 45.5. The summed E-state index contributed by atoms with van der Waals surface area (Å²) in [5, 5.41) is 9.44. The Hall–Kier alpha value is -1.92. The summed E-state index contributed by atoms with van der Waals surface area (Å²) in [5.41, 5.74) is -1.13. The van der Waals surface area contributed by atoms with Crippen LogP contribution in [-0.4, -0.2) is 17.2 Å². The van der Waals surface area contributed by atoms with Crippen LogP contribution in [0.3, 0.4) is 0 Å². The Bertz CT molecular complexity index is 584. The molecule has 1 aromatic heterocycles. The zero-order chi connectivity index (χ0) is 14.0. The van der Waals surface area contributed by atoms with Crippen LogP contribution in [0.5, 0.6) is 0 Å². The first kappa shape index (κ1) is 13.5. The van der Waals surface area contributed by atoms with Gasteiger partial charge in [0.15, 0.2) is 6.29 Å². The number of pyridine rings is 1.